The van der Waals surface area contributed by atoms with Gasteiger partial charge in [-0.25, -0.2) is 4.79 Å². The maximum Gasteiger partial charge on any atom is 0.343 e. The van der Waals surface area contributed by atoms with Crippen molar-refractivity contribution >= 4 is 5.97 Å². The molecule has 21 heavy (non-hydrogen) atoms. The Labute approximate surface area is 120 Å². The number of esters is 1. The molecule has 0 atom stereocenters. The summed E-state index contributed by atoms with van der Waals surface area (Å²) in [4.78, 5) is 11.9. The van der Waals surface area contributed by atoms with Gasteiger partial charge in [-0.1, -0.05) is 0 Å². The van der Waals surface area contributed by atoms with Crippen molar-refractivity contribution in [2.45, 2.75) is 0 Å². The van der Waals surface area contributed by atoms with Crippen LogP contribution in [-0.4, -0.2) is 5.97 Å². The number of hydrogen-bond acceptors (Lipinski definition) is 6. The lowest BCUT2D eigenvalue weighted by molar-refractivity contribution is 0.0734. The van der Waals surface area contributed by atoms with E-state index in [0.717, 1.165) is 0 Å². The minimum atomic E-state index is -0.549. The molecule has 0 radical (unpaired) electrons. The molecule has 0 bridgehead atoms. The fourth-order valence-corrected chi connectivity index (χ4v) is 1.51. The van der Waals surface area contributed by atoms with Gasteiger partial charge < -0.3 is 14.2 Å². The van der Waals surface area contributed by atoms with Crippen LogP contribution in [0.15, 0.2) is 48.5 Å². The van der Waals surface area contributed by atoms with Gasteiger partial charge in [-0.3, -0.25) is 0 Å². The summed E-state index contributed by atoms with van der Waals surface area (Å²) in [6.45, 7) is 0. The molecule has 0 aliphatic carbocycles. The van der Waals surface area contributed by atoms with E-state index < -0.39 is 5.97 Å². The molecule has 6 nitrogen and oxygen atoms in total. The van der Waals surface area contributed by atoms with Gasteiger partial charge in [-0.15, -0.1) is 10.5 Å². The summed E-state index contributed by atoms with van der Waals surface area (Å²) in [5.74, 6) is 0.470. The second kappa shape index (κ2) is 6.60. The predicted molar refractivity (Wildman–Crippen MR) is 70.3 cm³/mol. The number of nitrogens with zero attached hydrogens (tertiary/aromatic N) is 2. The molecule has 2 aromatic rings. The van der Waals surface area contributed by atoms with Crippen molar-refractivity contribution in [1.82, 2.24) is 0 Å². The third kappa shape index (κ3) is 3.72. The lowest BCUT2D eigenvalue weighted by atomic mass is 10.2. The minimum absolute atomic E-state index is 0.317. The lowest BCUT2D eigenvalue weighted by Crippen LogP contribution is -2.08. The van der Waals surface area contributed by atoms with Gasteiger partial charge >= 0.3 is 5.97 Å². The van der Waals surface area contributed by atoms with Crippen molar-refractivity contribution in [2.75, 3.05) is 0 Å². The van der Waals surface area contributed by atoms with Crippen molar-refractivity contribution in [3.8, 4) is 29.8 Å². The van der Waals surface area contributed by atoms with Gasteiger partial charge in [0.15, 0.2) is 0 Å². The van der Waals surface area contributed by atoms with Crippen LogP contribution in [0.4, 0.5) is 0 Å². The Bertz CT molecular complexity index is 709. The van der Waals surface area contributed by atoms with E-state index in [0.29, 0.717) is 22.8 Å². The van der Waals surface area contributed by atoms with E-state index in [2.05, 4.69) is 9.47 Å². The Morgan fingerprint density at radius 2 is 1.19 bits per heavy atom. The van der Waals surface area contributed by atoms with Crippen LogP contribution in [0.3, 0.4) is 0 Å². The zero-order valence-electron chi connectivity index (χ0n) is 10.6. The summed E-state index contributed by atoms with van der Waals surface area (Å²) in [6, 6.07) is 12.0. The van der Waals surface area contributed by atoms with E-state index >= 15 is 0 Å². The van der Waals surface area contributed by atoms with Gasteiger partial charge in [-0.2, -0.15) is 0 Å². The average molecular weight is 280 g/mol. The van der Waals surface area contributed by atoms with Crippen LogP contribution in [0, 0.1) is 23.0 Å². The molecule has 0 N–H and O–H groups in total. The second-order valence-corrected chi connectivity index (χ2v) is 3.77. The Balaban J connectivity index is 2.04. The molecule has 0 spiro atoms. The topological polar surface area (TPSA) is 92.3 Å². The van der Waals surface area contributed by atoms with Crippen LogP contribution in [0.1, 0.15) is 10.4 Å². The molecule has 0 aliphatic rings. The summed E-state index contributed by atoms with van der Waals surface area (Å²) in [5, 5.41) is 16.7. The molecule has 0 saturated heterocycles. The molecule has 6 heteroatoms. The van der Waals surface area contributed by atoms with Gasteiger partial charge in [0.25, 0.3) is 12.5 Å². The number of carbonyl (C=O) groups excluding carboxylic acids is 1. The maximum atomic E-state index is 11.9. The fourth-order valence-electron chi connectivity index (χ4n) is 1.51. The SMILES string of the molecule is N#COc1ccc(OC(=O)c2ccc(OC#N)cc2)cc1. The molecule has 0 aliphatic heterocycles. The van der Waals surface area contributed by atoms with Crippen LogP contribution < -0.4 is 14.2 Å². The maximum absolute atomic E-state index is 11.9. The van der Waals surface area contributed by atoms with Crippen LogP contribution in [0.25, 0.3) is 0 Å². The van der Waals surface area contributed by atoms with Crippen LogP contribution in [0.2, 0.25) is 0 Å². The Hall–Kier alpha value is -3.51. The zero-order valence-corrected chi connectivity index (χ0v) is 10.6. The molecular weight excluding hydrogens is 272 g/mol. The standard InChI is InChI=1S/C15H8N2O4/c16-9-19-12-3-1-11(2-4-12)15(18)21-14-7-5-13(6-8-14)20-10-17/h1-8H. The molecule has 0 amide bonds. The quantitative estimate of drug-likeness (QED) is 0.485. The normalized spacial score (nSPS) is 9.05. The van der Waals surface area contributed by atoms with E-state index in [1.54, 1.807) is 6.26 Å². The molecule has 0 saturated carbocycles. The number of nitriles is 2. The first-order valence-corrected chi connectivity index (χ1v) is 5.77. The van der Waals surface area contributed by atoms with Crippen LogP contribution in [-0.2, 0) is 0 Å². The van der Waals surface area contributed by atoms with Gasteiger partial charge in [0, 0.05) is 0 Å². The molecule has 2 rings (SSSR count). The van der Waals surface area contributed by atoms with Crippen molar-refractivity contribution in [3.63, 3.8) is 0 Å². The zero-order chi connectivity index (χ0) is 15.1. The molecule has 0 aromatic heterocycles. The van der Waals surface area contributed by atoms with E-state index in [1.807, 2.05) is 0 Å². The van der Waals surface area contributed by atoms with Crippen LogP contribution in [0.5, 0.6) is 17.2 Å². The third-order valence-corrected chi connectivity index (χ3v) is 2.45. The number of benzene rings is 2. The van der Waals surface area contributed by atoms with E-state index in [1.165, 1.54) is 54.8 Å². The first-order chi connectivity index (χ1) is 10.2. The number of carbonyl (C=O) groups is 1. The van der Waals surface area contributed by atoms with Crippen molar-refractivity contribution in [2.24, 2.45) is 0 Å². The Morgan fingerprint density at radius 3 is 1.67 bits per heavy atom. The summed E-state index contributed by atoms with van der Waals surface area (Å²) >= 11 is 0. The summed E-state index contributed by atoms with van der Waals surface area (Å²) in [7, 11) is 0. The highest BCUT2D eigenvalue weighted by Gasteiger charge is 2.09. The highest BCUT2D eigenvalue weighted by Crippen LogP contribution is 2.19. The molecular formula is C15H8N2O4. The first kappa shape index (κ1) is 13.9. The van der Waals surface area contributed by atoms with Gasteiger partial charge in [0.2, 0.25) is 0 Å². The molecule has 102 valence electrons. The summed E-state index contributed by atoms with van der Waals surface area (Å²) < 4.78 is 14.4. The van der Waals surface area contributed by atoms with Crippen molar-refractivity contribution < 1.29 is 19.0 Å². The number of rotatable bonds is 4. The molecule has 2 aromatic carbocycles. The second-order valence-electron chi connectivity index (χ2n) is 3.77. The molecule has 0 heterocycles. The average Bonchev–Trinajstić information content (AvgIpc) is 2.50. The number of hydrogen-bond donors (Lipinski definition) is 0. The summed E-state index contributed by atoms with van der Waals surface area (Å²) in [6.07, 6.45) is 3.08. The minimum Gasteiger partial charge on any atom is -0.423 e. The molecule has 0 fully saturated rings. The third-order valence-electron chi connectivity index (χ3n) is 2.45. The summed E-state index contributed by atoms with van der Waals surface area (Å²) in [5.41, 5.74) is 0.317. The predicted octanol–water partition coefficient (Wildman–Crippen LogP) is 2.63. The van der Waals surface area contributed by atoms with Crippen molar-refractivity contribution in [1.29, 1.82) is 10.5 Å². The number of ether oxygens (including phenoxy) is 3. The smallest absolute Gasteiger partial charge is 0.343 e. The van der Waals surface area contributed by atoms with Gasteiger partial charge in [-0.05, 0) is 48.5 Å². The lowest BCUT2D eigenvalue weighted by Gasteiger charge is -2.05. The van der Waals surface area contributed by atoms with Crippen molar-refractivity contribution in [3.05, 3.63) is 54.1 Å². The largest absolute Gasteiger partial charge is 0.423 e. The monoisotopic (exact) mass is 280 g/mol. The van der Waals surface area contributed by atoms with Gasteiger partial charge in [0.05, 0.1) is 5.56 Å². The fraction of sp³-hybridized carbons (Fsp3) is 0. The Morgan fingerprint density at radius 1 is 0.762 bits per heavy atom. The highest BCUT2D eigenvalue weighted by atomic mass is 16.5. The highest BCUT2D eigenvalue weighted by molar-refractivity contribution is 5.91. The first-order valence-electron chi connectivity index (χ1n) is 5.77. The van der Waals surface area contributed by atoms with E-state index in [4.69, 9.17) is 15.3 Å². The van der Waals surface area contributed by atoms with E-state index in [-0.39, 0.29) is 0 Å². The Kier molecular flexibility index (Phi) is 4.37. The van der Waals surface area contributed by atoms with E-state index in [9.17, 15) is 4.79 Å². The van der Waals surface area contributed by atoms with Crippen LogP contribution >= 0.6 is 0 Å². The molecule has 0 unspecified atom stereocenters. The van der Waals surface area contributed by atoms with Gasteiger partial charge in [0.1, 0.15) is 17.2 Å².